The molecule has 1 aliphatic rings. The number of anilines is 3. The lowest BCUT2D eigenvalue weighted by molar-refractivity contribution is -0.134. The fourth-order valence-electron chi connectivity index (χ4n) is 2.38. The van der Waals surface area contributed by atoms with Crippen molar-refractivity contribution in [2.45, 2.75) is 13.3 Å². The number of carboxylic acid groups (broad SMARTS) is 1. The molecule has 3 rings (SSSR count). The number of nitrogens with two attached hydrogens (primary N) is 3. The predicted octanol–water partition coefficient (Wildman–Crippen LogP) is 1.50. The molecule has 130 valence electrons. The SMILES string of the molecule is CC(=O)O.COc1cc(N)cc2c1Oc1nc(N)c(C#N)c(N)c1C2. The average molecular weight is 343 g/mol. The van der Waals surface area contributed by atoms with Crippen LogP contribution in [0.3, 0.4) is 0 Å². The van der Waals surface area contributed by atoms with E-state index in [0.717, 1.165) is 12.5 Å². The van der Waals surface area contributed by atoms with Crippen molar-refractivity contribution in [1.29, 1.82) is 5.26 Å². The number of carbonyl (C=O) groups is 1. The smallest absolute Gasteiger partial charge is 0.300 e. The van der Waals surface area contributed by atoms with Crippen molar-refractivity contribution in [3.8, 4) is 23.4 Å². The zero-order chi connectivity index (χ0) is 18.7. The van der Waals surface area contributed by atoms with Crippen LogP contribution >= 0.6 is 0 Å². The summed E-state index contributed by atoms with van der Waals surface area (Å²) in [5.74, 6) is 0.556. The van der Waals surface area contributed by atoms with Gasteiger partial charge in [0, 0.05) is 36.2 Å². The molecular weight excluding hydrogens is 326 g/mol. The molecule has 0 bridgehead atoms. The molecule has 9 nitrogen and oxygen atoms in total. The van der Waals surface area contributed by atoms with Gasteiger partial charge in [0.05, 0.1) is 12.8 Å². The zero-order valence-electron chi connectivity index (χ0n) is 13.7. The highest BCUT2D eigenvalue weighted by atomic mass is 16.5. The van der Waals surface area contributed by atoms with Crippen LogP contribution in [0.4, 0.5) is 17.2 Å². The second-order valence-electron chi connectivity index (χ2n) is 5.19. The molecule has 9 heteroatoms. The minimum absolute atomic E-state index is 0.0478. The number of nitrogens with zero attached hydrogens (tertiary/aromatic N) is 2. The van der Waals surface area contributed by atoms with Gasteiger partial charge in [0.25, 0.3) is 5.97 Å². The van der Waals surface area contributed by atoms with Crippen LogP contribution in [0.25, 0.3) is 0 Å². The topological polar surface area (TPSA) is 170 Å². The molecule has 1 aliphatic heterocycles. The number of nitrogen functional groups attached to an aromatic ring is 3. The monoisotopic (exact) mass is 343 g/mol. The minimum atomic E-state index is -0.833. The van der Waals surface area contributed by atoms with Gasteiger partial charge in [-0.3, -0.25) is 4.79 Å². The number of benzene rings is 1. The minimum Gasteiger partial charge on any atom is -0.493 e. The molecule has 7 N–H and O–H groups in total. The van der Waals surface area contributed by atoms with Crippen LogP contribution in [-0.2, 0) is 11.2 Å². The van der Waals surface area contributed by atoms with E-state index < -0.39 is 5.97 Å². The summed E-state index contributed by atoms with van der Waals surface area (Å²) in [5, 5.41) is 16.5. The summed E-state index contributed by atoms with van der Waals surface area (Å²) in [5.41, 5.74) is 20.0. The van der Waals surface area contributed by atoms with Gasteiger partial charge in [-0.2, -0.15) is 10.2 Å². The highest BCUT2D eigenvalue weighted by Crippen LogP contribution is 2.45. The number of hydrogen-bond donors (Lipinski definition) is 4. The normalized spacial score (nSPS) is 10.9. The molecule has 1 aromatic carbocycles. The Kier molecular flexibility index (Phi) is 4.84. The molecule has 0 atom stereocenters. The molecule has 0 saturated carbocycles. The summed E-state index contributed by atoms with van der Waals surface area (Å²) in [7, 11) is 1.53. The molecular formula is C16H17N5O4. The standard InChI is InChI=1S/C14H13N5O2.C2H4O2/c1-20-10-4-7(16)2-6-3-8-11(17)9(5-15)13(18)19-14(8)21-12(6)10;1-2(3)4/h2,4H,3,16H2,1H3,(H4,17,18,19);1H3,(H,3,4). The van der Waals surface area contributed by atoms with Gasteiger partial charge in [-0.05, 0) is 6.07 Å². The number of aromatic nitrogens is 1. The second-order valence-corrected chi connectivity index (χ2v) is 5.19. The average Bonchev–Trinajstić information content (AvgIpc) is 2.53. The number of hydrogen-bond acceptors (Lipinski definition) is 8. The first-order valence-corrected chi connectivity index (χ1v) is 7.10. The maximum Gasteiger partial charge on any atom is 0.300 e. The second kappa shape index (κ2) is 6.84. The van der Waals surface area contributed by atoms with Gasteiger partial charge in [-0.25, -0.2) is 0 Å². The molecule has 0 saturated heterocycles. The van der Waals surface area contributed by atoms with Crippen LogP contribution in [-0.4, -0.2) is 23.2 Å². The summed E-state index contributed by atoms with van der Waals surface area (Å²) in [6.45, 7) is 1.08. The fraction of sp³-hybridized carbons (Fsp3) is 0.188. The Hall–Kier alpha value is -3.67. The van der Waals surface area contributed by atoms with Crippen LogP contribution in [0.15, 0.2) is 12.1 Å². The highest BCUT2D eigenvalue weighted by Gasteiger charge is 2.26. The Morgan fingerprint density at radius 3 is 2.60 bits per heavy atom. The van der Waals surface area contributed by atoms with E-state index >= 15 is 0 Å². The van der Waals surface area contributed by atoms with Gasteiger partial charge in [-0.15, -0.1) is 0 Å². The Balaban J connectivity index is 0.000000511. The maximum atomic E-state index is 9.09. The summed E-state index contributed by atoms with van der Waals surface area (Å²) in [6, 6.07) is 5.40. The molecule has 0 unspecified atom stereocenters. The van der Waals surface area contributed by atoms with E-state index in [1.807, 2.05) is 6.07 Å². The largest absolute Gasteiger partial charge is 0.493 e. The molecule has 0 spiro atoms. The number of fused-ring (bicyclic) bond motifs is 2. The van der Waals surface area contributed by atoms with Gasteiger partial charge in [0.1, 0.15) is 17.5 Å². The van der Waals surface area contributed by atoms with Gasteiger partial charge in [0.2, 0.25) is 5.88 Å². The first-order valence-electron chi connectivity index (χ1n) is 7.10. The third kappa shape index (κ3) is 3.48. The van der Waals surface area contributed by atoms with E-state index in [2.05, 4.69) is 4.98 Å². The first kappa shape index (κ1) is 17.7. The lowest BCUT2D eigenvalue weighted by atomic mass is 9.98. The quantitative estimate of drug-likeness (QED) is 0.478. The Morgan fingerprint density at radius 1 is 1.40 bits per heavy atom. The van der Waals surface area contributed by atoms with Crippen LogP contribution in [0.1, 0.15) is 23.6 Å². The van der Waals surface area contributed by atoms with Gasteiger partial charge in [-0.1, -0.05) is 0 Å². The molecule has 2 aromatic rings. The number of ether oxygens (including phenoxy) is 2. The number of pyridine rings is 1. The van der Waals surface area contributed by atoms with Crippen LogP contribution < -0.4 is 26.7 Å². The van der Waals surface area contributed by atoms with Gasteiger partial charge < -0.3 is 31.8 Å². The molecule has 0 aliphatic carbocycles. The van der Waals surface area contributed by atoms with Crippen molar-refractivity contribution in [2.24, 2.45) is 0 Å². The zero-order valence-corrected chi connectivity index (χ0v) is 13.7. The van der Waals surface area contributed by atoms with E-state index in [4.69, 9.17) is 41.8 Å². The molecule has 0 amide bonds. The summed E-state index contributed by atoms with van der Waals surface area (Å²) >= 11 is 0. The van der Waals surface area contributed by atoms with Crippen molar-refractivity contribution < 1.29 is 19.4 Å². The molecule has 1 aromatic heterocycles. The van der Waals surface area contributed by atoms with E-state index in [9.17, 15) is 0 Å². The van der Waals surface area contributed by atoms with Crippen molar-refractivity contribution in [1.82, 2.24) is 4.98 Å². The predicted molar refractivity (Wildman–Crippen MR) is 91.4 cm³/mol. The molecule has 2 heterocycles. The Labute approximate surface area is 143 Å². The number of methoxy groups -OCH3 is 1. The Morgan fingerprint density at radius 2 is 2.04 bits per heavy atom. The van der Waals surface area contributed by atoms with Gasteiger partial charge in [0.15, 0.2) is 11.5 Å². The third-order valence-corrected chi connectivity index (χ3v) is 3.38. The summed E-state index contributed by atoms with van der Waals surface area (Å²) in [6.07, 6.45) is 0.444. The molecule has 25 heavy (non-hydrogen) atoms. The Bertz CT molecular complexity index is 885. The van der Waals surface area contributed by atoms with Crippen molar-refractivity contribution in [3.63, 3.8) is 0 Å². The van der Waals surface area contributed by atoms with Crippen molar-refractivity contribution >= 4 is 23.2 Å². The number of rotatable bonds is 1. The molecule has 0 radical (unpaired) electrons. The van der Waals surface area contributed by atoms with Crippen LogP contribution in [0.5, 0.6) is 17.4 Å². The van der Waals surface area contributed by atoms with E-state index in [1.54, 1.807) is 12.1 Å². The van der Waals surface area contributed by atoms with Gasteiger partial charge >= 0.3 is 0 Å². The maximum absolute atomic E-state index is 9.09. The highest BCUT2D eigenvalue weighted by molar-refractivity contribution is 5.73. The lowest BCUT2D eigenvalue weighted by Crippen LogP contribution is -2.12. The van der Waals surface area contributed by atoms with E-state index in [1.165, 1.54) is 7.11 Å². The van der Waals surface area contributed by atoms with Crippen LogP contribution in [0.2, 0.25) is 0 Å². The fourth-order valence-corrected chi connectivity index (χ4v) is 2.38. The first-order chi connectivity index (χ1) is 11.8. The molecule has 0 fully saturated rings. The van der Waals surface area contributed by atoms with E-state index in [-0.39, 0.29) is 17.1 Å². The van der Waals surface area contributed by atoms with Crippen LogP contribution in [0, 0.1) is 11.3 Å². The van der Waals surface area contributed by atoms with E-state index in [0.29, 0.717) is 35.1 Å². The number of aliphatic carboxylic acids is 1. The number of carboxylic acids is 1. The summed E-state index contributed by atoms with van der Waals surface area (Å²) in [4.78, 5) is 13.1. The lowest BCUT2D eigenvalue weighted by Gasteiger charge is -2.23. The third-order valence-electron chi connectivity index (χ3n) is 3.38. The number of nitriles is 1. The van der Waals surface area contributed by atoms with Crippen molar-refractivity contribution in [3.05, 3.63) is 28.8 Å². The van der Waals surface area contributed by atoms with Crippen molar-refractivity contribution in [2.75, 3.05) is 24.3 Å². The summed E-state index contributed by atoms with van der Waals surface area (Å²) < 4.78 is 11.0.